The molecule has 27 heavy (non-hydrogen) atoms. The van der Waals surface area contributed by atoms with Gasteiger partial charge < -0.3 is 10.6 Å². The Balaban J connectivity index is 1.92. The number of benzene rings is 2. The maximum absolute atomic E-state index is 11.6. The van der Waals surface area contributed by atoms with Gasteiger partial charge in [0.2, 0.25) is 11.6 Å². The second-order valence-corrected chi connectivity index (χ2v) is 6.81. The molecule has 136 valence electrons. The maximum Gasteiger partial charge on any atom is 0.353 e. The summed E-state index contributed by atoms with van der Waals surface area (Å²) in [6, 6.07) is 14.0. The third-order valence-electron chi connectivity index (χ3n) is 3.67. The fraction of sp³-hybridized carbons (Fsp3) is 0.0556. The van der Waals surface area contributed by atoms with Gasteiger partial charge in [0.1, 0.15) is 6.33 Å². The molecule has 0 bridgehead atoms. The Kier molecular flexibility index (Phi) is 5.60. The van der Waals surface area contributed by atoms with Crippen LogP contribution in [0.3, 0.4) is 0 Å². The van der Waals surface area contributed by atoms with E-state index in [2.05, 4.69) is 43.2 Å². The van der Waals surface area contributed by atoms with Crippen molar-refractivity contribution < 1.29 is 9.72 Å². The lowest BCUT2D eigenvalue weighted by Gasteiger charge is -2.10. The summed E-state index contributed by atoms with van der Waals surface area (Å²) >= 11 is 2.18. The number of hydrogen-bond donors (Lipinski definition) is 2. The molecule has 0 unspecified atom stereocenters. The number of nitrogens with one attached hydrogen (secondary N) is 2. The van der Waals surface area contributed by atoms with Crippen molar-refractivity contribution in [1.29, 1.82) is 0 Å². The predicted octanol–water partition coefficient (Wildman–Crippen LogP) is 4.68. The molecule has 0 aliphatic heterocycles. The van der Waals surface area contributed by atoms with Gasteiger partial charge in [-0.3, -0.25) is 14.9 Å². The fourth-order valence-corrected chi connectivity index (χ4v) is 2.69. The average Bonchev–Trinajstić information content (AvgIpc) is 2.64. The van der Waals surface area contributed by atoms with E-state index in [-0.39, 0.29) is 23.1 Å². The number of ketones is 1. The van der Waals surface area contributed by atoms with E-state index in [1.807, 2.05) is 12.1 Å². The summed E-state index contributed by atoms with van der Waals surface area (Å²) < 4.78 is 1.05. The van der Waals surface area contributed by atoms with Crippen molar-refractivity contribution in [2.45, 2.75) is 6.92 Å². The number of rotatable bonds is 6. The minimum absolute atomic E-state index is 0.0542. The Morgan fingerprint density at radius 1 is 0.963 bits per heavy atom. The summed E-state index contributed by atoms with van der Waals surface area (Å²) in [5.41, 5.74) is 1.53. The summed E-state index contributed by atoms with van der Waals surface area (Å²) in [6.07, 6.45) is 1.24. The predicted molar refractivity (Wildman–Crippen MR) is 111 cm³/mol. The summed E-state index contributed by atoms with van der Waals surface area (Å²) in [6.45, 7) is 1.47. The zero-order chi connectivity index (χ0) is 19.4. The molecular weight excluding hydrogens is 461 g/mol. The summed E-state index contributed by atoms with van der Waals surface area (Å²) in [5, 5.41) is 17.5. The van der Waals surface area contributed by atoms with Crippen LogP contribution in [0, 0.1) is 13.7 Å². The topological polar surface area (TPSA) is 110 Å². The van der Waals surface area contributed by atoms with Crippen molar-refractivity contribution in [2.75, 3.05) is 10.6 Å². The number of halogens is 1. The quantitative estimate of drug-likeness (QED) is 0.231. The number of hydrogen-bond acceptors (Lipinski definition) is 7. The monoisotopic (exact) mass is 475 g/mol. The van der Waals surface area contributed by atoms with Gasteiger partial charge in [0.25, 0.3) is 0 Å². The molecule has 0 saturated carbocycles. The van der Waals surface area contributed by atoms with Gasteiger partial charge in [-0.05, 0) is 78.0 Å². The van der Waals surface area contributed by atoms with E-state index >= 15 is 0 Å². The molecule has 0 atom stereocenters. The van der Waals surface area contributed by atoms with Crippen LogP contribution in [0.5, 0.6) is 0 Å². The summed E-state index contributed by atoms with van der Waals surface area (Å²) in [7, 11) is 0. The van der Waals surface area contributed by atoms with Gasteiger partial charge in [0.15, 0.2) is 5.78 Å². The molecule has 3 rings (SSSR count). The number of nitrogens with zero attached hydrogens (tertiary/aromatic N) is 3. The van der Waals surface area contributed by atoms with Crippen molar-refractivity contribution in [3.63, 3.8) is 0 Å². The van der Waals surface area contributed by atoms with Crippen LogP contribution in [-0.4, -0.2) is 20.7 Å². The molecule has 0 aliphatic rings. The van der Waals surface area contributed by atoms with Crippen LogP contribution in [0.1, 0.15) is 17.3 Å². The number of Topliss-reactive ketones (excluding diaryl/α,β-unsaturated/α-hetero) is 1. The second-order valence-electron chi connectivity index (χ2n) is 5.57. The molecule has 1 aromatic heterocycles. The Labute approximate surface area is 168 Å². The molecule has 2 N–H and O–H groups in total. The molecule has 0 saturated heterocycles. The Morgan fingerprint density at radius 2 is 1.44 bits per heavy atom. The lowest BCUT2D eigenvalue weighted by Crippen LogP contribution is -2.05. The van der Waals surface area contributed by atoms with Gasteiger partial charge in [-0.25, -0.2) is 9.97 Å². The van der Waals surface area contributed by atoms with Crippen molar-refractivity contribution in [3.8, 4) is 0 Å². The maximum atomic E-state index is 11.6. The Hall–Kier alpha value is -3.08. The Morgan fingerprint density at radius 3 is 1.89 bits per heavy atom. The van der Waals surface area contributed by atoms with Crippen molar-refractivity contribution >= 4 is 57.1 Å². The zero-order valence-corrected chi connectivity index (χ0v) is 16.3. The normalized spacial score (nSPS) is 10.3. The van der Waals surface area contributed by atoms with Gasteiger partial charge in [0, 0.05) is 20.5 Å². The molecule has 0 spiro atoms. The highest BCUT2D eigenvalue weighted by Crippen LogP contribution is 2.33. The van der Waals surface area contributed by atoms with Crippen LogP contribution >= 0.6 is 22.6 Å². The number of carbonyl (C=O) groups excluding carboxylic acids is 1. The van der Waals surface area contributed by atoms with Crippen molar-refractivity contribution in [3.05, 3.63) is 74.1 Å². The first kappa shape index (κ1) is 18.7. The third kappa shape index (κ3) is 4.56. The SMILES string of the molecule is CC(=O)c1ccc(Nc2ncnc(Nc3ccc(I)cc3)c2[N+](=O)[O-])cc1. The molecule has 2 aromatic carbocycles. The van der Waals surface area contributed by atoms with E-state index in [1.165, 1.54) is 13.3 Å². The molecule has 8 nitrogen and oxygen atoms in total. The highest BCUT2D eigenvalue weighted by atomic mass is 127. The summed E-state index contributed by atoms with van der Waals surface area (Å²) in [5.74, 6) is 0.0798. The minimum atomic E-state index is -0.540. The van der Waals surface area contributed by atoms with Crippen molar-refractivity contribution in [1.82, 2.24) is 9.97 Å². The standard InChI is InChI=1S/C18H14IN5O3/c1-11(25)12-2-6-14(7-3-12)22-17-16(24(26)27)18(21-10-20-17)23-15-8-4-13(19)5-9-15/h2-10H,1H3,(H2,20,21,22,23). The van der Waals surface area contributed by atoms with Crippen molar-refractivity contribution in [2.24, 2.45) is 0 Å². The van der Waals surface area contributed by atoms with Gasteiger partial charge in [-0.1, -0.05) is 0 Å². The van der Waals surface area contributed by atoms with Crippen LogP contribution in [0.2, 0.25) is 0 Å². The van der Waals surface area contributed by atoms with Crippen LogP contribution in [0.25, 0.3) is 0 Å². The molecule has 0 radical (unpaired) electrons. The van der Waals surface area contributed by atoms with Crippen LogP contribution in [-0.2, 0) is 0 Å². The number of anilines is 4. The number of nitro groups is 1. The highest BCUT2D eigenvalue weighted by Gasteiger charge is 2.23. The Bertz CT molecular complexity index is 991. The van der Waals surface area contributed by atoms with E-state index in [4.69, 9.17) is 0 Å². The molecular formula is C18H14IN5O3. The lowest BCUT2D eigenvalue weighted by molar-refractivity contribution is -0.383. The van der Waals surface area contributed by atoms with Gasteiger partial charge >= 0.3 is 5.69 Å². The zero-order valence-electron chi connectivity index (χ0n) is 14.1. The van der Waals surface area contributed by atoms with Gasteiger partial charge in [0.05, 0.1) is 4.92 Å². The van der Waals surface area contributed by atoms with E-state index < -0.39 is 4.92 Å². The van der Waals surface area contributed by atoms with E-state index in [0.29, 0.717) is 16.9 Å². The van der Waals surface area contributed by atoms with Crippen LogP contribution < -0.4 is 10.6 Å². The second kappa shape index (κ2) is 8.08. The van der Waals surface area contributed by atoms with E-state index in [1.54, 1.807) is 36.4 Å². The first-order valence-electron chi connectivity index (χ1n) is 7.84. The van der Waals surface area contributed by atoms with E-state index in [0.717, 1.165) is 3.57 Å². The molecule has 0 fully saturated rings. The molecule has 0 amide bonds. The average molecular weight is 475 g/mol. The molecule has 0 aliphatic carbocycles. The fourth-order valence-electron chi connectivity index (χ4n) is 2.33. The number of aromatic nitrogens is 2. The van der Waals surface area contributed by atoms with Crippen LogP contribution in [0.15, 0.2) is 54.9 Å². The van der Waals surface area contributed by atoms with Gasteiger partial charge in [-0.15, -0.1) is 0 Å². The summed E-state index contributed by atoms with van der Waals surface area (Å²) in [4.78, 5) is 30.4. The molecule has 3 aromatic rings. The van der Waals surface area contributed by atoms with Gasteiger partial charge in [-0.2, -0.15) is 0 Å². The minimum Gasteiger partial charge on any atom is -0.334 e. The smallest absolute Gasteiger partial charge is 0.334 e. The van der Waals surface area contributed by atoms with E-state index in [9.17, 15) is 14.9 Å². The lowest BCUT2D eigenvalue weighted by atomic mass is 10.1. The number of carbonyl (C=O) groups is 1. The first-order valence-corrected chi connectivity index (χ1v) is 8.92. The largest absolute Gasteiger partial charge is 0.353 e. The highest BCUT2D eigenvalue weighted by molar-refractivity contribution is 14.1. The third-order valence-corrected chi connectivity index (χ3v) is 4.39. The van der Waals surface area contributed by atoms with Crippen LogP contribution in [0.4, 0.5) is 28.7 Å². The molecule has 9 heteroatoms. The molecule has 1 heterocycles. The first-order chi connectivity index (χ1) is 12.9.